The summed E-state index contributed by atoms with van der Waals surface area (Å²) < 4.78 is 40.7. The van der Waals surface area contributed by atoms with Gasteiger partial charge in [0.05, 0.1) is 28.8 Å². The van der Waals surface area contributed by atoms with Crippen LogP contribution in [0.5, 0.6) is 0 Å². The van der Waals surface area contributed by atoms with Crippen molar-refractivity contribution in [2.24, 2.45) is 0 Å². The van der Waals surface area contributed by atoms with Crippen LogP contribution in [0.4, 0.5) is 30.4 Å². The highest BCUT2D eigenvalue weighted by Gasteiger charge is 2.42. The van der Waals surface area contributed by atoms with Gasteiger partial charge in [-0.3, -0.25) is 9.78 Å². The molecule has 0 spiro atoms. The van der Waals surface area contributed by atoms with E-state index in [9.17, 15) is 18.0 Å². The Morgan fingerprint density at radius 3 is 2.93 bits per heavy atom. The van der Waals surface area contributed by atoms with E-state index < -0.39 is 18.1 Å². The van der Waals surface area contributed by atoms with Crippen LogP contribution in [0.3, 0.4) is 0 Å². The normalized spacial score (nSPS) is 17.3. The molecule has 1 fully saturated rings. The maximum atomic E-state index is 13.1. The summed E-state index contributed by atoms with van der Waals surface area (Å²) in [6, 6.07) is -0.126. The molecule has 158 valence electrons. The van der Waals surface area contributed by atoms with Gasteiger partial charge in [-0.05, 0) is 6.07 Å². The number of alkyl halides is 3. The molecule has 9 nitrogen and oxygen atoms in total. The summed E-state index contributed by atoms with van der Waals surface area (Å²) in [4.78, 5) is 22.5. The smallest absolute Gasteiger partial charge is 0.381 e. The Balaban J connectivity index is 1.62. The number of carbonyl (C=O) groups excluding carboxylic acids is 1. The molecule has 3 aromatic rings. The third kappa shape index (κ3) is 3.83. The number of nitrogens with one attached hydrogen (secondary N) is 2. The first-order valence-electron chi connectivity index (χ1n) is 8.84. The number of hydrogen-bond acceptors (Lipinski definition) is 7. The number of nitrogen functional groups attached to an aromatic ring is 1. The monoisotopic (exact) mass is 440 g/mol. The number of piperazine rings is 1. The van der Waals surface area contributed by atoms with E-state index >= 15 is 0 Å². The minimum Gasteiger partial charge on any atom is -0.381 e. The van der Waals surface area contributed by atoms with Crippen molar-refractivity contribution in [2.45, 2.75) is 12.2 Å². The Morgan fingerprint density at radius 2 is 2.17 bits per heavy atom. The lowest BCUT2D eigenvalue weighted by Gasteiger charge is -2.36. The minimum atomic E-state index is -4.38. The molecule has 1 unspecified atom stereocenters. The van der Waals surface area contributed by atoms with Crippen LogP contribution in [-0.4, -0.2) is 57.3 Å². The number of carbonyl (C=O) groups is 1. The summed E-state index contributed by atoms with van der Waals surface area (Å²) in [5.41, 5.74) is 6.75. The van der Waals surface area contributed by atoms with Crippen molar-refractivity contribution in [1.82, 2.24) is 24.9 Å². The van der Waals surface area contributed by atoms with Crippen molar-refractivity contribution in [1.29, 1.82) is 0 Å². The third-order valence-corrected chi connectivity index (χ3v) is 4.85. The molecule has 0 radical (unpaired) electrons. The van der Waals surface area contributed by atoms with Crippen molar-refractivity contribution >= 4 is 40.3 Å². The number of pyridine rings is 1. The fourth-order valence-corrected chi connectivity index (χ4v) is 3.42. The van der Waals surface area contributed by atoms with Gasteiger partial charge in [-0.1, -0.05) is 11.6 Å². The van der Waals surface area contributed by atoms with Gasteiger partial charge in [0.1, 0.15) is 11.6 Å². The number of rotatable bonds is 3. The number of amides is 1. The fraction of sp³-hybridized carbons (Fsp3) is 0.294. The van der Waals surface area contributed by atoms with E-state index in [1.807, 2.05) is 0 Å². The second-order valence-corrected chi connectivity index (χ2v) is 7.08. The summed E-state index contributed by atoms with van der Waals surface area (Å²) in [5.74, 6) is -0.680. The highest BCUT2D eigenvalue weighted by molar-refractivity contribution is 6.30. The van der Waals surface area contributed by atoms with Crippen molar-refractivity contribution in [3.05, 3.63) is 41.4 Å². The summed E-state index contributed by atoms with van der Waals surface area (Å²) >= 11 is 5.88. The molecule has 1 amide bonds. The van der Waals surface area contributed by atoms with E-state index in [4.69, 9.17) is 17.3 Å². The third-order valence-electron chi connectivity index (χ3n) is 4.65. The average Bonchev–Trinajstić information content (AvgIpc) is 3.02. The Hall–Kier alpha value is -3.12. The van der Waals surface area contributed by atoms with Crippen LogP contribution < -0.4 is 21.3 Å². The van der Waals surface area contributed by atoms with Crippen LogP contribution >= 0.6 is 11.6 Å². The quantitative estimate of drug-likeness (QED) is 0.570. The number of nitrogens with zero attached hydrogens (tertiary/aromatic N) is 5. The maximum absolute atomic E-state index is 13.1. The highest BCUT2D eigenvalue weighted by atomic mass is 35.5. The molecule has 13 heteroatoms. The molecule has 0 saturated carbocycles. The van der Waals surface area contributed by atoms with Gasteiger partial charge in [-0.25, -0.2) is 9.50 Å². The van der Waals surface area contributed by atoms with Gasteiger partial charge in [0, 0.05) is 32.0 Å². The molecule has 1 aliphatic heterocycles. The van der Waals surface area contributed by atoms with E-state index in [0.717, 1.165) is 0 Å². The summed E-state index contributed by atoms with van der Waals surface area (Å²) in [5, 5.41) is 9.44. The largest absolute Gasteiger partial charge is 0.405 e. The van der Waals surface area contributed by atoms with E-state index in [1.54, 1.807) is 11.0 Å². The lowest BCUT2D eigenvalue weighted by Crippen LogP contribution is -2.57. The Kier molecular flexibility index (Phi) is 5.12. The standard InChI is InChI=1S/C17H16ClF3N8O/c18-9-5-25-15-13(14(22)27-29(15)7-9)16(30)26-10-6-23-2-1-11(10)28-4-3-24-12(8-28)17(19,20)21/h1-2,5-7,12,24H,3-4,8H2,(H2,22,27)(H,26,30). The van der Waals surface area contributed by atoms with Gasteiger partial charge in [0.15, 0.2) is 11.5 Å². The minimum absolute atomic E-state index is 0.0231. The second-order valence-electron chi connectivity index (χ2n) is 6.64. The number of nitrogens with two attached hydrogens (primary N) is 1. The Bertz CT molecular complexity index is 1100. The van der Waals surface area contributed by atoms with E-state index in [0.29, 0.717) is 17.3 Å². The molecule has 1 atom stereocenters. The van der Waals surface area contributed by atoms with E-state index in [-0.39, 0.29) is 35.8 Å². The van der Waals surface area contributed by atoms with Crippen LogP contribution in [0.25, 0.3) is 5.65 Å². The second kappa shape index (κ2) is 7.61. The predicted octanol–water partition coefficient (Wildman–Crippen LogP) is 1.95. The lowest BCUT2D eigenvalue weighted by molar-refractivity contribution is -0.155. The summed E-state index contributed by atoms with van der Waals surface area (Å²) in [6.45, 7) is 0.180. The van der Waals surface area contributed by atoms with Crippen molar-refractivity contribution in [3.63, 3.8) is 0 Å². The van der Waals surface area contributed by atoms with Crippen molar-refractivity contribution in [3.8, 4) is 0 Å². The first-order valence-corrected chi connectivity index (χ1v) is 9.21. The molecule has 1 aliphatic rings. The fourth-order valence-electron chi connectivity index (χ4n) is 3.28. The van der Waals surface area contributed by atoms with Gasteiger partial charge in [-0.2, -0.15) is 13.2 Å². The predicted molar refractivity (Wildman–Crippen MR) is 105 cm³/mol. The average molecular weight is 441 g/mol. The van der Waals surface area contributed by atoms with Crippen LogP contribution in [0.1, 0.15) is 10.4 Å². The maximum Gasteiger partial charge on any atom is 0.405 e. The molecule has 4 rings (SSSR count). The Labute approximate surface area is 173 Å². The molecule has 0 bridgehead atoms. The van der Waals surface area contributed by atoms with Gasteiger partial charge in [-0.15, -0.1) is 5.10 Å². The first kappa shape index (κ1) is 20.2. The van der Waals surface area contributed by atoms with Crippen LogP contribution in [0, 0.1) is 0 Å². The number of halogens is 4. The number of fused-ring (bicyclic) bond motifs is 1. The SMILES string of the molecule is Nc1nn2cc(Cl)cnc2c1C(=O)Nc1cnccc1N1CCNC(C(F)(F)F)C1. The number of aromatic nitrogens is 4. The van der Waals surface area contributed by atoms with Gasteiger partial charge >= 0.3 is 6.18 Å². The highest BCUT2D eigenvalue weighted by Crippen LogP contribution is 2.30. The van der Waals surface area contributed by atoms with Crippen LogP contribution in [0.2, 0.25) is 5.02 Å². The van der Waals surface area contributed by atoms with E-state index in [1.165, 1.54) is 29.3 Å². The number of anilines is 3. The van der Waals surface area contributed by atoms with Crippen LogP contribution in [-0.2, 0) is 0 Å². The molecule has 1 saturated heterocycles. The molecule has 0 aliphatic carbocycles. The lowest BCUT2D eigenvalue weighted by atomic mass is 10.1. The zero-order valence-electron chi connectivity index (χ0n) is 15.3. The molecule has 4 N–H and O–H groups in total. The molecular formula is C17H16ClF3N8O. The Morgan fingerprint density at radius 1 is 1.37 bits per heavy atom. The van der Waals surface area contributed by atoms with E-state index in [2.05, 4.69) is 25.7 Å². The van der Waals surface area contributed by atoms with Crippen molar-refractivity contribution in [2.75, 3.05) is 35.6 Å². The molecule has 3 aromatic heterocycles. The number of hydrogen-bond donors (Lipinski definition) is 3. The first-order chi connectivity index (χ1) is 14.2. The molecule has 30 heavy (non-hydrogen) atoms. The van der Waals surface area contributed by atoms with Gasteiger partial charge < -0.3 is 21.3 Å². The summed E-state index contributed by atoms with van der Waals surface area (Å²) in [7, 11) is 0. The molecule has 0 aromatic carbocycles. The molecule has 4 heterocycles. The van der Waals surface area contributed by atoms with Crippen molar-refractivity contribution < 1.29 is 18.0 Å². The van der Waals surface area contributed by atoms with Gasteiger partial charge in [0.2, 0.25) is 0 Å². The zero-order chi connectivity index (χ0) is 21.5. The topological polar surface area (TPSA) is 113 Å². The van der Waals surface area contributed by atoms with Crippen LogP contribution in [0.15, 0.2) is 30.9 Å². The molecular weight excluding hydrogens is 425 g/mol. The zero-order valence-corrected chi connectivity index (χ0v) is 16.1. The summed E-state index contributed by atoms with van der Waals surface area (Å²) in [6.07, 6.45) is 1.23. The van der Waals surface area contributed by atoms with Gasteiger partial charge in [0.25, 0.3) is 5.91 Å².